The number of nitrogens with zero attached hydrogens (tertiary/aromatic N) is 3. The van der Waals surface area contributed by atoms with Crippen molar-refractivity contribution in [2.45, 2.75) is 43.7 Å². The molecule has 3 heterocycles. The van der Waals surface area contributed by atoms with E-state index < -0.39 is 30.3 Å². The maximum atomic E-state index is 14.2. The van der Waals surface area contributed by atoms with Crippen molar-refractivity contribution in [2.24, 2.45) is 5.73 Å². The summed E-state index contributed by atoms with van der Waals surface area (Å²) in [7, 11) is 0. The van der Waals surface area contributed by atoms with Crippen molar-refractivity contribution < 1.29 is 22.4 Å². The van der Waals surface area contributed by atoms with Crippen LogP contribution in [0.4, 0.5) is 17.6 Å². The van der Waals surface area contributed by atoms with Crippen LogP contribution < -0.4 is 11.1 Å². The highest BCUT2D eigenvalue weighted by Crippen LogP contribution is 2.39. The fourth-order valence-corrected chi connectivity index (χ4v) is 4.45. The first kappa shape index (κ1) is 19.8. The minimum absolute atomic E-state index is 0.0843. The molecule has 1 aliphatic carbocycles. The van der Waals surface area contributed by atoms with E-state index in [1.165, 1.54) is 23.0 Å². The van der Waals surface area contributed by atoms with Gasteiger partial charge in [-0.05, 0) is 31.0 Å². The quantitative estimate of drug-likeness (QED) is 0.623. The molecule has 0 saturated heterocycles. The lowest BCUT2D eigenvalue weighted by atomic mass is 9.87. The zero-order valence-electron chi connectivity index (χ0n) is 15.0. The van der Waals surface area contributed by atoms with Crippen LogP contribution in [0.25, 0.3) is 16.9 Å². The van der Waals surface area contributed by atoms with Crippen molar-refractivity contribution in [2.75, 3.05) is 0 Å². The topological polar surface area (TPSA) is 85.3 Å². The molecule has 0 aromatic carbocycles. The lowest BCUT2D eigenvalue weighted by Crippen LogP contribution is -2.59. The Labute approximate surface area is 166 Å². The van der Waals surface area contributed by atoms with Gasteiger partial charge in [-0.25, -0.2) is 27.1 Å². The van der Waals surface area contributed by atoms with Gasteiger partial charge in [0.25, 0.3) is 18.3 Å². The van der Waals surface area contributed by atoms with E-state index in [9.17, 15) is 22.4 Å². The number of hydrogen-bond donors (Lipinski definition) is 2. The number of nitrogens with two attached hydrogens (primary N) is 1. The summed E-state index contributed by atoms with van der Waals surface area (Å²) in [6.07, 6.45) is 0.240. The summed E-state index contributed by atoms with van der Waals surface area (Å²) >= 11 is 0.556. The number of carbonyl (C=O) groups excluding carboxylic acids is 1. The average molecular weight is 427 g/mol. The Morgan fingerprint density at radius 2 is 2.21 bits per heavy atom. The fraction of sp³-hybridized carbons (Fsp3) is 0.389. The van der Waals surface area contributed by atoms with Gasteiger partial charge in [0.2, 0.25) is 0 Å². The van der Waals surface area contributed by atoms with E-state index >= 15 is 0 Å². The van der Waals surface area contributed by atoms with Gasteiger partial charge in [-0.2, -0.15) is 5.10 Å². The van der Waals surface area contributed by atoms with Crippen LogP contribution in [0.3, 0.4) is 0 Å². The van der Waals surface area contributed by atoms with Gasteiger partial charge in [-0.15, -0.1) is 11.3 Å². The molecule has 6 nitrogen and oxygen atoms in total. The Hall–Kier alpha value is -2.53. The standard InChI is InChI=1S/C18H17F4N5OS/c19-16(20)14-9(11-8-24-13-4-2-6-25-27(11)13)7-12(29-14)17(28)26-15-10(23)3-1-5-18(15,21)22/h2,4,6-8,10,15-16H,1,3,5,23H2,(H,26,28)/t10-,15+/m0/s1. The first-order valence-corrected chi connectivity index (χ1v) is 9.75. The highest BCUT2D eigenvalue weighted by molar-refractivity contribution is 7.14. The number of imidazole rings is 1. The molecule has 29 heavy (non-hydrogen) atoms. The third kappa shape index (κ3) is 3.60. The third-order valence-electron chi connectivity index (χ3n) is 4.95. The van der Waals surface area contributed by atoms with Gasteiger partial charge in [0, 0.05) is 24.2 Å². The highest BCUT2D eigenvalue weighted by Gasteiger charge is 2.46. The summed E-state index contributed by atoms with van der Waals surface area (Å²) in [5.74, 6) is -4.00. The molecule has 1 amide bonds. The molecule has 3 aromatic heterocycles. The Bertz CT molecular complexity index is 1050. The van der Waals surface area contributed by atoms with Gasteiger partial charge in [0.05, 0.1) is 21.6 Å². The second kappa shape index (κ2) is 7.38. The lowest BCUT2D eigenvalue weighted by Gasteiger charge is -2.36. The van der Waals surface area contributed by atoms with Crippen LogP contribution in [0.15, 0.2) is 30.6 Å². The van der Waals surface area contributed by atoms with Crippen molar-refractivity contribution in [3.8, 4) is 11.3 Å². The molecule has 1 saturated carbocycles. The summed E-state index contributed by atoms with van der Waals surface area (Å²) in [6.45, 7) is 0. The van der Waals surface area contributed by atoms with Crippen LogP contribution >= 0.6 is 11.3 Å². The monoisotopic (exact) mass is 427 g/mol. The molecule has 0 radical (unpaired) electrons. The predicted molar refractivity (Wildman–Crippen MR) is 99.3 cm³/mol. The molecule has 2 atom stereocenters. The Balaban J connectivity index is 1.69. The van der Waals surface area contributed by atoms with Gasteiger partial charge in [-0.1, -0.05) is 0 Å². The molecule has 11 heteroatoms. The van der Waals surface area contributed by atoms with Gasteiger partial charge < -0.3 is 11.1 Å². The number of aromatic nitrogens is 3. The van der Waals surface area contributed by atoms with Crippen LogP contribution in [0, 0.1) is 0 Å². The summed E-state index contributed by atoms with van der Waals surface area (Å²) in [5, 5.41) is 6.34. The molecule has 0 spiro atoms. The van der Waals surface area contributed by atoms with E-state index in [4.69, 9.17) is 5.73 Å². The molecular weight excluding hydrogens is 410 g/mol. The second-order valence-electron chi connectivity index (χ2n) is 6.89. The zero-order chi connectivity index (χ0) is 20.8. The number of thiophene rings is 1. The number of fused-ring (bicyclic) bond motifs is 1. The second-order valence-corrected chi connectivity index (χ2v) is 7.98. The summed E-state index contributed by atoms with van der Waals surface area (Å²) in [4.78, 5) is 16.3. The van der Waals surface area contributed by atoms with Crippen LogP contribution in [-0.4, -0.2) is 38.5 Å². The van der Waals surface area contributed by atoms with E-state index in [0.717, 1.165) is 0 Å². The largest absolute Gasteiger partial charge is 0.341 e. The highest BCUT2D eigenvalue weighted by atomic mass is 32.1. The molecule has 0 bridgehead atoms. The first-order valence-electron chi connectivity index (χ1n) is 8.93. The van der Waals surface area contributed by atoms with E-state index in [2.05, 4.69) is 15.4 Å². The third-order valence-corrected chi connectivity index (χ3v) is 6.10. The Morgan fingerprint density at radius 3 is 2.93 bits per heavy atom. The number of amides is 1. The number of rotatable bonds is 4. The van der Waals surface area contributed by atoms with Gasteiger partial charge >= 0.3 is 0 Å². The van der Waals surface area contributed by atoms with E-state index in [1.807, 2.05) is 0 Å². The molecule has 4 rings (SSSR count). The van der Waals surface area contributed by atoms with Gasteiger partial charge in [-0.3, -0.25) is 4.79 Å². The van der Waals surface area contributed by atoms with Gasteiger partial charge in [0.15, 0.2) is 5.65 Å². The van der Waals surface area contributed by atoms with Crippen molar-refractivity contribution in [1.82, 2.24) is 19.9 Å². The normalized spacial score (nSPS) is 21.6. The van der Waals surface area contributed by atoms with Crippen LogP contribution in [0.5, 0.6) is 0 Å². The minimum atomic E-state index is -3.15. The van der Waals surface area contributed by atoms with Crippen molar-refractivity contribution >= 4 is 22.9 Å². The zero-order valence-corrected chi connectivity index (χ0v) is 15.8. The molecule has 1 fully saturated rings. The van der Waals surface area contributed by atoms with E-state index in [1.54, 1.807) is 12.1 Å². The van der Waals surface area contributed by atoms with E-state index in [-0.39, 0.29) is 33.9 Å². The molecular formula is C18H17F4N5OS. The van der Waals surface area contributed by atoms with E-state index in [0.29, 0.717) is 23.4 Å². The molecule has 0 aliphatic heterocycles. The maximum Gasteiger partial charge on any atom is 0.273 e. The average Bonchev–Trinajstić information content (AvgIpc) is 3.28. The number of carbonyl (C=O) groups is 1. The Kier molecular flexibility index (Phi) is 5.03. The lowest BCUT2D eigenvalue weighted by molar-refractivity contribution is -0.0674. The Morgan fingerprint density at radius 1 is 1.41 bits per heavy atom. The fourth-order valence-electron chi connectivity index (χ4n) is 3.53. The van der Waals surface area contributed by atoms with Crippen molar-refractivity contribution in [3.05, 3.63) is 40.3 Å². The molecule has 3 aromatic rings. The van der Waals surface area contributed by atoms with Crippen LogP contribution in [-0.2, 0) is 0 Å². The van der Waals surface area contributed by atoms with Crippen LogP contribution in [0.1, 0.15) is 40.2 Å². The summed E-state index contributed by atoms with van der Waals surface area (Å²) in [5.41, 5.74) is 6.59. The smallest absolute Gasteiger partial charge is 0.273 e. The number of hydrogen-bond acceptors (Lipinski definition) is 5. The predicted octanol–water partition coefficient (Wildman–Crippen LogP) is 3.64. The van der Waals surface area contributed by atoms with Crippen molar-refractivity contribution in [3.63, 3.8) is 0 Å². The molecule has 154 valence electrons. The van der Waals surface area contributed by atoms with Gasteiger partial charge in [0.1, 0.15) is 6.04 Å². The number of alkyl halides is 4. The molecule has 3 N–H and O–H groups in total. The number of nitrogens with one attached hydrogen (secondary N) is 1. The van der Waals surface area contributed by atoms with Crippen molar-refractivity contribution in [1.29, 1.82) is 0 Å². The maximum absolute atomic E-state index is 14.2. The molecule has 0 unspecified atom stereocenters. The first-order chi connectivity index (χ1) is 13.8. The SMILES string of the molecule is N[C@H]1CCCC(F)(F)[C@@H]1NC(=O)c1cc(-c2cnc3cccnn23)c(C(F)F)s1. The summed E-state index contributed by atoms with van der Waals surface area (Å²) in [6, 6.07) is 2.12. The minimum Gasteiger partial charge on any atom is -0.341 e. The number of halogens is 4. The summed E-state index contributed by atoms with van der Waals surface area (Å²) < 4.78 is 57.0. The molecule has 1 aliphatic rings. The van der Waals surface area contributed by atoms with Crippen LogP contribution in [0.2, 0.25) is 0 Å².